The van der Waals surface area contributed by atoms with Crippen LogP contribution >= 0.6 is 11.3 Å². The molecule has 0 saturated carbocycles. The molecule has 4 nitrogen and oxygen atoms in total. The predicted molar refractivity (Wildman–Crippen MR) is 72.3 cm³/mol. The highest BCUT2D eigenvalue weighted by Gasteiger charge is 2.12. The van der Waals surface area contributed by atoms with Gasteiger partial charge in [0, 0.05) is 4.88 Å². The topological polar surface area (TPSA) is 54.6 Å². The summed E-state index contributed by atoms with van der Waals surface area (Å²) in [7, 11) is 0. The lowest BCUT2D eigenvalue weighted by atomic mass is 10.2. The Labute approximate surface area is 109 Å². The standard InChI is InChI=1S/C13H14N2O2S/c1-8-4-5-18-12(8)7-14-15-13(16)11-6-9(2)17-10(11)3/h4-7H,1-3H3,(H,15,16)/b14-7-. The molecule has 94 valence electrons. The van der Waals surface area contributed by atoms with Gasteiger partial charge >= 0.3 is 0 Å². The largest absolute Gasteiger partial charge is 0.466 e. The van der Waals surface area contributed by atoms with E-state index in [0.717, 1.165) is 16.2 Å². The Morgan fingerprint density at radius 3 is 2.78 bits per heavy atom. The predicted octanol–water partition coefficient (Wildman–Crippen LogP) is 3.03. The quantitative estimate of drug-likeness (QED) is 0.682. The van der Waals surface area contributed by atoms with E-state index in [1.807, 2.05) is 25.3 Å². The minimum atomic E-state index is -0.255. The van der Waals surface area contributed by atoms with Crippen LogP contribution in [0.5, 0.6) is 0 Å². The molecule has 0 fully saturated rings. The highest BCUT2D eigenvalue weighted by atomic mass is 32.1. The minimum Gasteiger partial charge on any atom is -0.466 e. The molecule has 2 heterocycles. The first-order valence-electron chi connectivity index (χ1n) is 5.52. The van der Waals surface area contributed by atoms with E-state index in [1.165, 1.54) is 0 Å². The van der Waals surface area contributed by atoms with E-state index in [2.05, 4.69) is 10.5 Å². The Kier molecular flexibility index (Phi) is 3.62. The van der Waals surface area contributed by atoms with Gasteiger partial charge in [0.05, 0.1) is 11.8 Å². The molecular weight excluding hydrogens is 248 g/mol. The normalized spacial score (nSPS) is 11.1. The molecule has 0 radical (unpaired) electrons. The van der Waals surface area contributed by atoms with E-state index < -0.39 is 0 Å². The summed E-state index contributed by atoms with van der Waals surface area (Å²) in [5, 5.41) is 5.93. The van der Waals surface area contributed by atoms with E-state index >= 15 is 0 Å². The van der Waals surface area contributed by atoms with Gasteiger partial charge in [-0.1, -0.05) is 0 Å². The molecule has 0 unspecified atom stereocenters. The van der Waals surface area contributed by atoms with Gasteiger partial charge in [-0.25, -0.2) is 5.43 Å². The maximum absolute atomic E-state index is 11.8. The lowest BCUT2D eigenvalue weighted by Crippen LogP contribution is -2.17. The van der Waals surface area contributed by atoms with Crippen LogP contribution < -0.4 is 5.43 Å². The van der Waals surface area contributed by atoms with Crippen molar-refractivity contribution in [1.29, 1.82) is 0 Å². The number of rotatable bonds is 3. The second-order valence-electron chi connectivity index (χ2n) is 3.99. The third-order valence-corrected chi connectivity index (χ3v) is 3.49. The number of thiophene rings is 1. The second-order valence-corrected chi connectivity index (χ2v) is 4.94. The van der Waals surface area contributed by atoms with E-state index in [0.29, 0.717) is 11.3 Å². The number of hydrogen-bond acceptors (Lipinski definition) is 4. The lowest BCUT2D eigenvalue weighted by molar-refractivity contribution is 0.0953. The maximum Gasteiger partial charge on any atom is 0.274 e. The molecule has 0 bridgehead atoms. The number of carbonyl (C=O) groups is 1. The first-order chi connectivity index (χ1) is 8.58. The number of carbonyl (C=O) groups excluding carboxylic acids is 1. The number of nitrogens with one attached hydrogen (secondary N) is 1. The van der Waals surface area contributed by atoms with E-state index in [4.69, 9.17) is 4.42 Å². The van der Waals surface area contributed by atoms with Crippen LogP contribution in [0.1, 0.15) is 32.3 Å². The fourth-order valence-electron chi connectivity index (χ4n) is 1.58. The zero-order valence-electron chi connectivity index (χ0n) is 10.5. The van der Waals surface area contributed by atoms with Crippen LogP contribution in [0.2, 0.25) is 0 Å². The average molecular weight is 262 g/mol. The van der Waals surface area contributed by atoms with Crippen molar-refractivity contribution in [2.24, 2.45) is 5.10 Å². The third-order valence-electron chi connectivity index (χ3n) is 2.54. The molecule has 1 amide bonds. The van der Waals surface area contributed by atoms with Gasteiger partial charge in [0.1, 0.15) is 11.5 Å². The first kappa shape index (κ1) is 12.6. The third kappa shape index (κ3) is 2.68. The molecule has 0 aliphatic rings. The summed E-state index contributed by atoms with van der Waals surface area (Å²) in [6, 6.07) is 3.72. The molecule has 0 aliphatic heterocycles. The van der Waals surface area contributed by atoms with Crippen molar-refractivity contribution in [3.63, 3.8) is 0 Å². The SMILES string of the molecule is Cc1cc(C(=O)N/N=C\c2sccc2C)c(C)o1. The van der Waals surface area contributed by atoms with Gasteiger partial charge in [-0.3, -0.25) is 4.79 Å². The monoisotopic (exact) mass is 262 g/mol. The van der Waals surface area contributed by atoms with E-state index in [-0.39, 0.29) is 5.91 Å². The Morgan fingerprint density at radius 2 is 2.22 bits per heavy atom. The molecule has 0 aromatic carbocycles. The summed E-state index contributed by atoms with van der Waals surface area (Å²) in [6.45, 7) is 5.57. The van der Waals surface area contributed by atoms with Crippen LogP contribution in [0.15, 0.2) is 27.0 Å². The lowest BCUT2D eigenvalue weighted by Gasteiger charge is -1.96. The Bertz CT molecular complexity index is 596. The van der Waals surface area contributed by atoms with Gasteiger partial charge in [-0.05, 0) is 43.8 Å². The van der Waals surface area contributed by atoms with Crippen LogP contribution in [0.4, 0.5) is 0 Å². The maximum atomic E-state index is 11.8. The summed E-state index contributed by atoms with van der Waals surface area (Å²) < 4.78 is 5.30. The van der Waals surface area contributed by atoms with Crippen molar-refractivity contribution in [3.8, 4) is 0 Å². The van der Waals surface area contributed by atoms with Crippen molar-refractivity contribution >= 4 is 23.5 Å². The number of hydrogen-bond donors (Lipinski definition) is 1. The van der Waals surface area contributed by atoms with Gasteiger partial charge in [0.2, 0.25) is 0 Å². The number of furan rings is 1. The highest BCUT2D eigenvalue weighted by Crippen LogP contribution is 2.14. The first-order valence-corrected chi connectivity index (χ1v) is 6.40. The van der Waals surface area contributed by atoms with Gasteiger partial charge in [0.15, 0.2) is 0 Å². The van der Waals surface area contributed by atoms with Crippen molar-refractivity contribution in [2.75, 3.05) is 0 Å². The summed E-state index contributed by atoms with van der Waals surface area (Å²) in [6.07, 6.45) is 1.65. The van der Waals surface area contributed by atoms with Crippen LogP contribution in [0, 0.1) is 20.8 Å². The van der Waals surface area contributed by atoms with Gasteiger partial charge in [-0.15, -0.1) is 11.3 Å². The van der Waals surface area contributed by atoms with Crippen molar-refractivity contribution in [2.45, 2.75) is 20.8 Å². The Hall–Kier alpha value is -1.88. The summed E-state index contributed by atoms with van der Waals surface area (Å²) in [5.41, 5.74) is 4.16. The fourth-order valence-corrected chi connectivity index (χ4v) is 2.37. The number of amides is 1. The van der Waals surface area contributed by atoms with Crippen LogP contribution in [-0.2, 0) is 0 Å². The van der Waals surface area contributed by atoms with Crippen LogP contribution in [0.3, 0.4) is 0 Å². The van der Waals surface area contributed by atoms with E-state index in [9.17, 15) is 4.79 Å². The zero-order valence-corrected chi connectivity index (χ0v) is 11.3. The summed E-state index contributed by atoms with van der Waals surface area (Å²) >= 11 is 1.59. The highest BCUT2D eigenvalue weighted by molar-refractivity contribution is 7.11. The summed E-state index contributed by atoms with van der Waals surface area (Å²) in [5.74, 6) is 1.07. The van der Waals surface area contributed by atoms with Crippen molar-refractivity contribution < 1.29 is 9.21 Å². The zero-order chi connectivity index (χ0) is 13.1. The van der Waals surface area contributed by atoms with Crippen molar-refractivity contribution in [1.82, 2.24) is 5.43 Å². The van der Waals surface area contributed by atoms with Crippen LogP contribution in [0.25, 0.3) is 0 Å². The molecule has 0 saturated heterocycles. The second kappa shape index (κ2) is 5.18. The smallest absolute Gasteiger partial charge is 0.274 e. The molecule has 2 aromatic heterocycles. The van der Waals surface area contributed by atoms with Crippen LogP contribution in [-0.4, -0.2) is 12.1 Å². The van der Waals surface area contributed by atoms with Gasteiger partial charge in [0.25, 0.3) is 5.91 Å². The molecule has 0 atom stereocenters. The molecule has 0 spiro atoms. The average Bonchev–Trinajstić information content (AvgIpc) is 2.85. The minimum absolute atomic E-state index is 0.255. The molecule has 2 aromatic rings. The molecule has 5 heteroatoms. The Morgan fingerprint density at radius 1 is 1.44 bits per heavy atom. The van der Waals surface area contributed by atoms with Gasteiger partial charge < -0.3 is 4.42 Å². The van der Waals surface area contributed by atoms with Crippen molar-refractivity contribution in [3.05, 3.63) is 45.0 Å². The number of nitrogens with zero attached hydrogens (tertiary/aromatic N) is 1. The molecular formula is C13H14N2O2S. The Balaban J connectivity index is 2.03. The fraction of sp³-hybridized carbons (Fsp3) is 0.231. The molecule has 2 rings (SSSR count). The molecule has 0 aliphatic carbocycles. The molecule has 18 heavy (non-hydrogen) atoms. The van der Waals surface area contributed by atoms with Gasteiger partial charge in [-0.2, -0.15) is 5.10 Å². The number of aryl methyl sites for hydroxylation is 3. The van der Waals surface area contributed by atoms with E-state index in [1.54, 1.807) is 30.5 Å². The summed E-state index contributed by atoms with van der Waals surface area (Å²) in [4.78, 5) is 12.8. The number of hydrazone groups is 1. The molecule has 1 N–H and O–H groups in total.